The molecule has 2 heteroatoms. The van der Waals surface area contributed by atoms with Crippen LogP contribution in [0.1, 0.15) is 48.9 Å². The Balaban J connectivity index is 2.17. The van der Waals surface area contributed by atoms with Crippen molar-refractivity contribution in [2.75, 3.05) is 0 Å². The first-order valence-corrected chi connectivity index (χ1v) is 6.64. The second-order valence-electron chi connectivity index (χ2n) is 5.26. The Kier molecular flexibility index (Phi) is 2.67. The molecule has 0 saturated heterocycles. The lowest BCUT2D eigenvalue weighted by molar-refractivity contribution is 0.711. The fraction of sp³-hybridized carbons (Fsp3) is 0.467. The number of rotatable bonds is 1. The number of nitrogens with two attached hydrogens (primary N) is 1. The molecule has 0 amide bonds. The van der Waals surface area contributed by atoms with E-state index in [1.54, 1.807) is 0 Å². The highest BCUT2D eigenvalue weighted by atomic mass is 14.7. The summed E-state index contributed by atoms with van der Waals surface area (Å²) in [5, 5.41) is 1.32. The molecule has 1 heterocycles. The van der Waals surface area contributed by atoms with Crippen LogP contribution in [0.5, 0.6) is 0 Å². The maximum Gasteiger partial charge on any atom is 0.0460 e. The Morgan fingerprint density at radius 3 is 2.53 bits per heavy atom. The topological polar surface area (TPSA) is 41.8 Å². The van der Waals surface area contributed by atoms with Crippen LogP contribution in [0.25, 0.3) is 10.9 Å². The molecule has 2 nitrogen and oxygen atoms in total. The van der Waals surface area contributed by atoms with Gasteiger partial charge < -0.3 is 10.7 Å². The molecule has 0 fully saturated rings. The first-order chi connectivity index (χ1) is 8.25. The average molecular weight is 228 g/mol. The van der Waals surface area contributed by atoms with Crippen molar-refractivity contribution >= 4 is 10.9 Å². The van der Waals surface area contributed by atoms with Crippen molar-refractivity contribution in [2.24, 2.45) is 5.73 Å². The summed E-state index contributed by atoms with van der Waals surface area (Å²) < 4.78 is 0. The third kappa shape index (κ3) is 1.87. The summed E-state index contributed by atoms with van der Waals surface area (Å²) in [5.41, 5.74) is 11.6. The first-order valence-electron chi connectivity index (χ1n) is 6.64. The molecule has 1 atom stereocenters. The van der Waals surface area contributed by atoms with Gasteiger partial charge in [-0.25, -0.2) is 0 Å². The molecule has 90 valence electrons. The maximum absolute atomic E-state index is 6.01. The molecule has 0 radical (unpaired) electrons. The van der Waals surface area contributed by atoms with Crippen molar-refractivity contribution in [1.82, 2.24) is 4.98 Å². The number of benzene rings is 1. The van der Waals surface area contributed by atoms with Gasteiger partial charge in [0.2, 0.25) is 0 Å². The van der Waals surface area contributed by atoms with Crippen LogP contribution in [-0.4, -0.2) is 4.98 Å². The lowest BCUT2D eigenvalue weighted by Gasteiger charge is -2.08. The van der Waals surface area contributed by atoms with Gasteiger partial charge in [0.05, 0.1) is 0 Å². The third-order valence-corrected chi connectivity index (χ3v) is 3.92. The third-order valence-electron chi connectivity index (χ3n) is 3.92. The van der Waals surface area contributed by atoms with Crippen molar-refractivity contribution in [2.45, 2.75) is 45.1 Å². The summed E-state index contributed by atoms with van der Waals surface area (Å²) >= 11 is 0. The average Bonchev–Trinajstić information content (AvgIpc) is 2.57. The number of nitrogens with one attached hydrogen (secondary N) is 1. The van der Waals surface area contributed by atoms with Crippen LogP contribution in [0.3, 0.4) is 0 Å². The van der Waals surface area contributed by atoms with Crippen molar-refractivity contribution in [3.63, 3.8) is 0 Å². The van der Waals surface area contributed by atoms with Gasteiger partial charge in [-0.05, 0) is 61.4 Å². The van der Waals surface area contributed by atoms with Crippen LogP contribution in [0.4, 0.5) is 0 Å². The molecule has 2 aromatic rings. The largest absolute Gasteiger partial charge is 0.361 e. The first kappa shape index (κ1) is 10.8. The van der Waals surface area contributed by atoms with E-state index in [2.05, 4.69) is 23.3 Å². The van der Waals surface area contributed by atoms with E-state index in [-0.39, 0.29) is 6.04 Å². The van der Waals surface area contributed by atoms with Crippen molar-refractivity contribution in [3.8, 4) is 0 Å². The van der Waals surface area contributed by atoms with E-state index in [9.17, 15) is 0 Å². The van der Waals surface area contributed by atoms with Gasteiger partial charge in [0, 0.05) is 23.1 Å². The van der Waals surface area contributed by atoms with Crippen LogP contribution in [-0.2, 0) is 12.8 Å². The van der Waals surface area contributed by atoms with E-state index < -0.39 is 0 Å². The zero-order valence-electron chi connectivity index (χ0n) is 10.4. The number of aryl methyl sites for hydroxylation is 2. The van der Waals surface area contributed by atoms with Gasteiger partial charge in [-0.3, -0.25) is 0 Å². The molecule has 0 bridgehead atoms. The second-order valence-corrected chi connectivity index (χ2v) is 5.26. The summed E-state index contributed by atoms with van der Waals surface area (Å²) in [7, 11) is 0. The van der Waals surface area contributed by atoms with Crippen molar-refractivity contribution in [1.29, 1.82) is 0 Å². The zero-order valence-corrected chi connectivity index (χ0v) is 10.4. The standard InChI is InChI=1S/C15H20N2/c1-10(16)14-9-17-15-8-12-6-4-2-3-5-11(12)7-13(14)15/h7-10,17H,2-6,16H2,1H3. The van der Waals surface area contributed by atoms with E-state index in [0.717, 1.165) is 0 Å². The summed E-state index contributed by atoms with van der Waals surface area (Å²) in [5.74, 6) is 0. The van der Waals surface area contributed by atoms with Crippen LogP contribution in [0, 0.1) is 0 Å². The lowest BCUT2D eigenvalue weighted by Crippen LogP contribution is -2.04. The fourth-order valence-electron chi connectivity index (χ4n) is 2.93. The molecule has 1 aliphatic rings. The highest BCUT2D eigenvalue weighted by Gasteiger charge is 2.13. The molecule has 0 saturated carbocycles. The zero-order chi connectivity index (χ0) is 11.8. The van der Waals surface area contributed by atoms with Gasteiger partial charge in [-0.2, -0.15) is 0 Å². The molecule has 3 N–H and O–H groups in total. The van der Waals surface area contributed by atoms with Crippen LogP contribution < -0.4 is 5.73 Å². The monoisotopic (exact) mass is 228 g/mol. The molecule has 0 aliphatic heterocycles. The number of fused-ring (bicyclic) bond motifs is 2. The highest BCUT2D eigenvalue weighted by Crippen LogP contribution is 2.29. The molecule has 1 aromatic carbocycles. The Morgan fingerprint density at radius 2 is 1.82 bits per heavy atom. The summed E-state index contributed by atoms with van der Waals surface area (Å²) in [6.45, 7) is 2.05. The normalized spacial score (nSPS) is 17.8. The van der Waals surface area contributed by atoms with Gasteiger partial charge in [0.15, 0.2) is 0 Å². The van der Waals surface area contributed by atoms with E-state index in [1.165, 1.54) is 59.7 Å². The molecule has 3 rings (SSSR count). The number of hydrogen-bond acceptors (Lipinski definition) is 1. The van der Waals surface area contributed by atoms with E-state index in [4.69, 9.17) is 5.73 Å². The van der Waals surface area contributed by atoms with E-state index >= 15 is 0 Å². The number of H-pyrrole nitrogens is 1. The van der Waals surface area contributed by atoms with Crippen LogP contribution >= 0.6 is 0 Å². The molecular weight excluding hydrogens is 208 g/mol. The Bertz CT molecular complexity index is 537. The SMILES string of the molecule is CC(N)c1c[nH]c2cc3c(cc12)CCCCC3. The van der Waals surface area contributed by atoms with Crippen molar-refractivity contribution < 1.29 is 0 Å². The molecule has 17 heavy (non-hydrogen) atoms. The van der Waals surface area contributed by atoms with Crippen LogP contribution in [0.2, 0.25) is 0 Å². The molecular formula is C15H20N2. The minimum atomic E-state index is 0.104. The maximum atomic E-state index is 6.01. The Labute approximate surface area is 102 Å². The quantitative estimate of drug-likeness (QED) is 0.721. The van der Waals surface area contributed by atoms with Gasteiger partial charge in [0.1, 0.15) is 0 Å². The fourth-order valence-corrected chi connectivity index (χ4v) is 2.93. The van der Waals surface area contributed by atoms with Crippen molar-refractivity contribution in [3.05, 3.63) is 35.0 Å². The highest BCUT2D eigenvalue weighted by molar-refractivity contribution is 5.85. The Hall–Kier alpha value is -1.28. The van der Waals surface area contributed by atoms with Gasteiger partial charge >= 0.3 is 0 Å². The Morgan fingerprint density at radius 1 is 1.12 bits per heavy atom. The molecule has 0 spiro atoms. The summed E-state index contributed by atoms with van der Waals surface area (Å²) in [6.07, 6.45) is 8.56. The summed E-state index contributed by atoms with van der Waals surface area (Å²) in [4.78, 5) is 3.36. The smallest absolute Gasteiger partial charge is 0.0460 e. The molecule has 1 aromatic heterocycles. The predicted molar refractivity (Wildman–Crippen MR) is 72.2 cm³/mol. The minimum Gasteiger partial charge on any atom is -0.361 e. The van der Waals surface area contributed by atoms with Crippen LogP contribution in [0.15, 0.2) is 18.3 Å². The van der Waals surface area contributed by atoms with Gasteiger partial charge in [-0.15, -0.1) is 0 Å². The van der Waals surface area contributed by atoms with Gasteiger partial charge in [0.25, 0.3) is 0 Å². The molecule has 1 aliphatic carbocycles. The van der Waals surface area contributed by atoms with E-state index in [0.29, 0.717) is 0 Å². The second kappa shape index (κ2) is 4.19. The molecule has 1 unspecified atom stereocenters. The van der Waals surface area contributed by atoms with Gasteiger partial charge in [-0.1, -0.05) is 6.42 Å². The minimum absolute atomic E-state index is 0.104. The lowest BCUT2D eigenvalue weighted by atomic mass is 9.98. The number of hydrogen-bond donors (Lipinski definition) is 2. The number of aromatic amines is 1. The predicted octanol–water partition coefficient (Wildman–Crippen LogP) is 3.46. The number of aromatic nitrogens is 1. The summed E-state index contributed by atoms with van der Waals surface area (Å²) in [6, 6.07) is 4.81. The van der Waals surface area contributed by atoms with E-state index in [1.807, 2.05) is 6.92 Å².